The van der Waals surface area contributed by atoms with Gasteiger partial charge < -0.3 is 19.4 Å². The number of aromatic nitrogens is 1. The molecule has 0 bridgehead atoms. The number of methoxy groups -OCH3 is 1. The summed E-state index contributed by atoms with van der Waals surface area (Å²) in [6, 6.07) is 27.6. The molecule has 44 heavy (non-hydrogen) atoms. The van der Waals surface area contributed by atoms with Crippen molar-refractivity contribution in [1.29, 1.82) is 0 Å². The van der Waals surface area contributed by atoms with E-state index in [0.717, 1.165) is 55.5 Å². The molecule has 0 saturated carbocycles. The smallest absolute Gasteiger partial charge is 0.339 e. The predicted molar refractivity (Wildman–Crippen MR) is 181 cm³/mol. The van der Waals surface area contributed by atoms with Crippen LogP contribution in [0.5, 0.6) is 5.75 Å². The van der Waals surface area contributed by atoms with Gasteiger partial charge in [-0.1, -0.05) is 48.5 Å². The van der Waals surface area contributed by atoms with Gasteiger partial charge in [-0.15, -0.1) is 9.24 Å². The van der Waals surface area contributed by atoms with Crippen molar-refractivity contribution >= 4 is 37.3 Å². The molecular formula is C37H39N2O4P. The quantitative estimate of drug-likeness (QED) is 0.148. The zero-order valence-electron chi connectivity index (χ0n) is 26.2. The Bertz CT molecular complexity index is 1850. The fourth-order valence-electron chi connectivity index (χ4n) is 5.35. The van der Waals surface area contributed by atoms with E-state index in [9.17, 15) is 9.59 Å². The molecule has 0 fully saturated rings. The maximum atomic E-state index is 13.1. The van der Waals surface area contributed by atoms with Gasteiger partial charge in [0.1, 0.15) is 11.4 Å². The van der Waals surface area contributed by atoms with Gasteiger partial charge >= 0.3 is 5.97 Å². The number of benzene rings is 4. The number of aryl methyl sites for hydroxylation is 1. The Kier molecular flexibility index (Phi) is 8.94. The number of fused-ring (bicyclic) bond motifs is 1. The van der Waals surface area contributed by atoms with Crippen LogP contribution in [0.3, 0.4) is 0 Å². The van der Waals surface area contributed by atoms with Crippen molar-refractivity contribution in [2.24, 2.45) is 0 Å². The van der Waals surface area contributed by atoms with Crippen molar-refractivity contribution in [2.75, 3.05) is 7.11 Å². The van der Waals surface area contributed by atoms with E-state index in [-0.39, 0.29) is 11.9 Å². The van der Waals surface area contributed by atoms with Crippen molar-refractivity contribution < 1.29 is 19.1 Å². The highest BCUT2D eigenvalue weighted by atomic mass is 31.0. The van der Waals surface area contributed by atoms with Crippen LogP contribution in [0.15, 0.2) is 84.9 Å². The van der Waals surface area contributed by atoms with E-state index in [0.29, 0.717) is 24.2 Å². The molecule has 1 heterocycles. The van der Waals surface area contributed by atoms with Gasteiger partial charge in [-0.25, -0.2) is 4.79 Å². The lowest BCUT2D eigenvalue weighted by molar-refractivity contribution is 0.00703. The SMILES string of the molecule is COc1ccc(CNC(=O)c2ccc3c(c2)c(C)c(C)n3Cc2ccc(-c3ccccc3C(=O)OC(C)(C)C)cc2)c(P)c1. The van der Waals surface area contributed by atoms with E-state index >= 15 is 0 Å². The third-order valence-electron chi connectivity index (χ3n) is 7.85. The topological polar surface area (TPSA) is 69.6 Å². The van der Waals surface area contributed by atoms with Crippen LogP contribution in [0.1, 0.15) is 63.9 Å². The monoisotopic (exact) mass is 606 g/mol. The summed E-state index contributed by atoms with van der Waals surface area (Å²) in [5.41, 5.74) is 7.96. The molecule has 1 aromatic heterocycles. The summed E-state index contributed by atoms with van der Waals surface area (Å²) in [7, 11) is 4.34. The van der Waals surface area contributed by atoms with Gasteiger partial charge in [-0.05, 0) is 104 Å². The molecule has 0 spiro atoms. The van der Waals surface area contributed by atoms with Crippen LogP contribution in [0.4, 0.5) is 0 Å². The van der Waals surface area contributed by atoms with Crippen molar-refractivity contribution in [3.63, 3.8) is 0 Å². The highest BCUT2D eigenvalue weighted by Crippen LogP contribution is 2.29. The van der Waals surface area contributed by atoms with Gasteiger partial charge in [-0.2, -0.15) is 0 Å². The molecule has 1 amide bonds. The van der Waals surface area contributed by atoms with E-state index in [4.69, 9.17) is 9.47 Å². The number of nitrogens with one attached hydrogen (secondary N) is 1. The van der Waals surface area contributed by atoms with Gasteiger partial charge in [0, 0.05) is 35.2 Å². The molecule has 0 aliphatic rings. The molecule has 6 nitrogen and oxygen atoms in total. The molecule has 0 saturated heterocycles. The van der Waals surface area contributed by atoms with E-state index in [2.05, 4.69) is 57.2 Å². The first-order valence-electron chi connectivity index (χ1n) is 14.7. The summed E-state index contributed by atoms with van der Waals surface area (Å²) >= 11 is 0. The first-order valence-corrected chi connectivity index (χ1v) is 15.2. The molecule has 1 unspecified atom stereocenters. The van der Waals surface area contributed by atoms with Crippen LogP contribution in [-0.4, -0.2) is 29.2 Å². The molecule has 5 rings (SSSR count). The maximum absolute atomic E-state index is 13.1. The Labute approximate surface area is 261 Å². The molecule has 0 aliphatic heterocycles. The zero-order chi connectivity index (χ0) is 31.6. The highest BCUT2D eigenvalue weighted by molar-refractivity contribution is 7.27. The molecule has 5 aromatic rings. The third kappa shape index (κ3) is 6.71. The summed E-state index contributed by atoms with van der Waals surface area (Å²) in [6.45, 7) is 10.9. The molecular weight excluding hydrogens is 567 g/mol. The Balaban J connectivity index is 1.34. The second-order valence-electron chi connectivity index (χ2n) is 12.0. The number of carbonyl (C=O) groups excluding carboxylic acids is 2. The molecule has 7 heteroatoms. The lowest BCUT2D eigenvalue weighted by Gasteiger charge is -2.20. The van der Waals surface area contributed by atoms with Crippen LogP contribution in [0.2, 0.25) is 0 Å². The Hall–Kier alpha value is -4.41. The molecule has 226 valence electrons. The third-order valence-corrected chi connectivity index (χ3v) is 8.38. The first kappa shape index (κ1) is 31.0. The number of hydrogen-bond donors (Lipinski definition) is 1. The van der Waals surface area contributed by atoms with Crippen molar-refractivity contribution in [3.8, 4) is 16.9 Å². The minimum absolute atomic E-state index is 0.112. The summed E-state index contributed by atoms with van der Waals surface area (Å²) in [4.78, 5) is 26.0. The fourth-order valence-corrected chi connectivity index (χ4v) is 5.71. The van der Waals surface area contributed by atoms with Crippen molar-refractivity contribution in [1.82, 2.24) is 9.88 Å². The van der Waals surface area contributed by atoms with Crippen molar-refractivity contribution in [3.05, 3.63) is 118 Å². The summed E-state index contributed by atoms with van der Waals surface area (Å²) in [5, 5.41) is 5.10. The predicted octanol–water partition coefficient (Wildman–Crippen LogP) is 7.37. The van der Waals surface area contributed by atoms with Gasteiger partial charge in [0.05, 0.1) is 12.7 Å². The molecule has 0 aliphatic carbocycles. The summed E-state index contributed by atoms with van der Waals surface area (Å²) < 4.78 is 13.2. The highest BCUT2D eigenvalue weighted by Gasteiger charge is 2.21. The number of amides is 1. The van der Waals surface area contributed by atoms with E-state index in [1.165, 1.54) is 0 Å². The number of ether oxygens (including phenoxy) is 2. The first-order chi connectivity index (χ1) is 20.9. The summed E-state index contributed by atoms with van der Waals surface area (Å²) in [6.07, 6.45) is 0. The van der Waals surface area contributed by atoms with E-state index < -0.39 is 5.60 Å². The molecule has 1 N–H and O–H groups in total. The van der Waals surface area contributed by atoms with Crippen LogP contribution in [0, 0.1) is 13.8 Å². The standard InChI is InChI=1S/C37H39N2O4P/c1-23-24(2)39(22-25-11-13-26(14-12-25)30-9-7-8-10-31(30)36(41)43-37(3,4)5)33-18-16-27(19-32(23)33)35(40)38-21-28-15-17-29(42-6)20-34(28)44/h7-20H,21-22,44H2,1-6H3,(H,38,40). The van der Waals surface area contributed by atoms with Crippen molar-refractivity contribution in [2.45, 2.75) is 53.3 Å². The fraction of sp³-hybridized carbons (Fsp3) is 0.243. The number of rotatable bonds is 8. The van der Waals surface area contributed by atoms with Gasteiger partial charge in [0.25, 0.3) is 5.91 Å². The van der Waals surface area contributed by atoms with Gasteiger partial charge in [0.2, 0.25) is 0 Å². The average Bonchev–Trinajstić information content (AvgIpc) is 3.24. The second kappa shape index (κ2) is 12.7. The lowest BCUT2D eigenvalue weighted by atomic mass is 9.98. The second-order valence-corrected chi connectivity index (χ2v) is 12.6. The van der Waals surface area contributed by atoms with Crippen LogP contribution in [0.25, 0.3) is 22.0 Å². The molecule has 0 radical (unpaired) electrons. The Morgan fingerprint density at radius 2 is 1.64 bits per heavy atom. The normalized spacial score (nSPS) is 11.4. The van der Waals surface area contributed by atoms with Crippen LogP contribution < -0.4 is 15.4 Å². The average molecular weight is 607 g/mol. The minimum atomic E-state index is -0.566. The largest absolute Gasteiger partial charge is 0.497 e. The van der Waals surface area contributed by atoms with Gasteiger partial charge in [0.15, 0.2) is 0 Å². The lowest BCUT2D eigenvalue weighted by Crippen LogP contribution is -2.24. The number of hydrogen-bond acceptors (Lipinski definition) is 4. The zero-order valence-corrected chi connectivity index (χ0v) is 27.3. The molecule has 1 atom stereocenters. The number of carbonyl (C=O) groups is 2. The van der Waals surface area contributed by atoms with E-state index in [1.807, 2.05) is 81.4 Å². The number of esters is 1. The van der Waals surface area contributed by atoms with E-state index in [1.54, 1.807) is 7.11 Å². The minimum Gasteiger partial charge on any atom is -0.497 e. The van der Waals surface area contributed by atoms with Crippen LogP contribution >= 0.6 is 9.24 Å². The Morgan fingerprint density at radius 3 is 2.32 bits per heavy atom. The summed E-state index contributed by atoms with van der Waals surface area (Å²) in [5.74, 6) is 0.342. The Morgan fingerprint density at radius 1 is 0.909 bits per heavy atom. The maximum Gasteiger partial charge on any atom is 0.339 e. The number of nitrogens with zero attached hydrogens (tertiary/aromatic N) is 1. The van der Waals surface area contributed by atoms with Crippen LogP contribution in [-0.2, 0) is 17.8 Å². The molecule has 4 aromatic carbocycles. The van der Waals surface area contributed by atoms with Gasteiger partial charge in [-0.3, -0.25) is 4.79 Å².